The van der Waals surface area contributed by atoms with Crippen LogP contribution in [0.3, 0.4) is 0 Å². The Morgan fingerprint density at radius 2 is 2.02 bits per heavy atom. The number of fused-ring (bicyclic) bond motifs is 1. The standard InChI is InChI=1S/C27H23ClF2N4O4S2/c1-38-27(37)18-21(11-2-5-16-17(10-11)40-24(32-16)12-8-13(9-12)26(35)36)33-23(25-31-6-7-39-25)34-22(18)14-3-4-15(29)20(30)19(14)28/h3-4,6-7,11-13,22H,2,5,8-10H2,1H3,(H,33,34)(H,35,36)/t11?,12-,13-,22?. The zero-order chi connectivity index (χ0) is 28.1. The number of aliphatic carboxylic acids is 1. The maximum Gasteiger partial charge on any atom is 0.338 e. The van der Waals surface area contributed by atoms with Crippen molar-refractivity contribution in [3.63, 3.8) is 0 Å². The van der Waals surface area contributed by atoms with Gasteiger partial charge in [-0.15, -0.1) is 22.7 Å². The number of carbonyl (C=O) groups is 2. The summed E-state index contributed by atoms with van der Waals surface area (Å²) in [5.74, 6) is -3.66. The van der Waals surface area contributed by atoms with Gasteiger partial charge in [0.25, 0.3) is 0 Å². The molecule has 1 saturated carbocycles. The fourth-order valence-electron chi connectivity index (χ4n) is 5.48. The van der Waals surface area contributed by atoms with Crippen molar-refractivity contribution in [1.82, 2.24) is 15.3 Å². The number of carboxylic acid groups (broad SMARTS) is 1. The van der Waals surface area contributed by atoms with Crippen LogP contribution >= 0.6 is 34.3 Å². The van der Waals surface area contributed by atoms with E-state index in [-0.39, 0.29) is 28.9 Å². The zero-order valence-electron chi connectivity index (χ0n) is 21.1. The van der Waals surface area contributed by atoms with Gasteiger partial charge in [-0.2, -0.15) is 0 Å². The van der Waals surface area contributed by atoms with Crippen LogP contribution < -0.4 is 5.32 Å². The summed E-state index contributed by atoms with van der Waals surface area (Å²) < 4.78 is 33.7. The number of hydrogen-bond donors (Lipinski definition) is 2. The van der Waals surface area contributed by atoms with Crippen molar-refractivity contribution in [3.05, 3.63) is 77.8 Å². The molecule has 2 unspecified atom stereocenters. The minimum absolute atomic E-state index is 0.142. The van der Waals surface area contributed by atoms with Gasteiger partial charge in [0.15, 0.2) is 22.5 Å². The number of amidine groups is 1. The molecular formula is C27H23ClF2N4O4S2. The van der Waals surface area contributed by atoms with Gasteiger partial charge in [-0.05, 0) is 38.2 Å². The highest BCUT2D eigenvalue weighted by Crippen LogP contribution is 2.46. The molecule has 2 aromatic heterocycles. The third-order valence-electron chi connectivity index (χ3n) is 7.68. The Kier molecular flexibility index (Phi) is 7.18. The summed E-state index contributed by atoms with van der Waals surface area (Å²) in [6.07, 6.45) is 4.75. The number of nitrogens with one attached hydrogen (secondary N) is 1. The number of aromatic nitrogens is 2. The minimum atomic E-state index is -1.21. The lowest BCUT2D eigenvalue weighted by Gasteiger charge is -2.32. The van der Waals surface area contributed by atoms with Crippen molar-refractivity contribution in [2.75, 3.05) is 7.11 Å². The van der Waals surface area contributed by atoms with Crippen LogP contribution in [0.15, 0.2) is 40.0 Å². The number of thiazole rings is 2. The highest BCUT2D eigenvalue weighted by atomic mass is 35.5. The van der Waals surface area contributed by atoms with E-state index in [0.717, 1.165) is 21.6 Å². The number of nitrogens with zero attached hydrogens (tertiary/aromatic N) is 3. The van der Waals surface area contributed by atoms with E-state index in [1.165, 1.54) is 24.5 Å². The summed E-state index contributed by atoms with van der Waals surface area (Å²) in [5, 5.41) is 15.4. The van der Waals surface area contributed by atoms with Gasteiger partial charge >= 0.3 is 11.9 Å². The van der Waals surface area contributed by atoms with Crippen LogP contribution in [0.4, 0.5) is 8.78 Å². The molecule has 0 radical (unpaired) electrons. The number of carboxylic acids is 1. The van der Waals surface area contributed by atoms with Crippen molar-refractivity contribution in [3.8, 4) is 0 Å². The second-order valence-electron chi connectivity index (χ2n) is 9.99. The smallest absolute Gasteiger partial charge is 0.338 e. The highest BCUT2D eigenvalue weighted by Gasteiger charge is 2.40. The molecule has 3 heterocycles. The molecule has 1 fully saturated rings. The molecular weight excluding hydrogens is 582 g/mol. The molecule has 0 amide bonds. The van der Waals surface area contributed by atoms with E-state index in [0.29, 0.717) is 48.6 Å². The lowest BCUT2D eigenvalue weighted by Crippen LogP contribution is -2.38. The number of methoxy groups -OCH3 is 1. The number of allylic oxidation sites excluding steroid dienone is 1. The minimum Gasteiger partial charge on any atom is -0.481 e. The number of esters is 1. The van der Waals surface area contributed by atoms with E-state index >= 15 is 0 Å². The van der Waals surface area contributed by atoms with Gasteiger partial charge in [-0.3, -0.25) is 9.79 Å². The Morgan fingerprint density at radius 3 is 2.73 bits per heavy atom. The summed E-state index contributed by atoms with van der Waals surface area (Å²) in [6, 6.07) is 1.25. The molecule has 1 aliphatic heterocycles. The summed E-state index contributed by atoms with van der Waals surface area (Å²) in [5.41, 5.74) is 1.90. The fourth-order valence-corrected chi connectivity index (χ4v) is 7.65. The Hall–Kier alpha value is -3.22. The molecule has 40 heavy (non-hydrogen) atoms. The zero-order valence-corrected chi connectivity index (χ0v) is 23.5. The van der Waals surface area contributed by atoms with Gasteiger partial charge in [0.2, 0.25) is 0 Å². The van der Waals surface area contributed by atoms with Crippen molar-refractivity contribution < 1.29 is 28.2 Å². The Morgan fingerprint density at radius 1 is 1.23 bits per heavy atom. The summed E-state index contributed by atoms with van der Waals surface area (Å²) >= 11 is 9.20. The predicted molar refractivity (Wildman–Crippen MR) is 146 cm³/mol. The Balaban J connectivity index is 1.39. The first-order chi connectivity index (χ1) is 19.2. The van der Waals surface area contributed by atoms with Gasteiger partial charge in [0.05, 0.1) is 34.3 Å². The molecule has 3 aromatic rings. The number of hydrogen-bond acceptors (Lipinski definition) is 9. The van der Waals surface area contributed by atoms with E-state index in [1.807, 2.05) is 0 Å². The number of halogens is 3. The molecule has 208 valence electrons. The predicted octanol–water partition coefficient (Wildman–Crippen LogP) is 5.43. The van der Waals surface area contributed by atoms with Crippen LogP contribution in [-0.2, 0) is 27.2 Å². The summed E-state index contributed by atoms with van der Waals surface area (Å²) in [4.78, 5) is 39.5. The van der Waals surface area contributed by atoms with Crippen LogP contribution in [0, 0.1) is 23.5 Å². The number of carbonyl (C=O) groups excluding carboxylic acids is 1. The molecule has 0 spiro atoms. The molecule has 3 aliphatic rings. The summed E-state index contributed by atoms with van der Waals surface area (Å²) in [6.45, 7) is 0. The first-order valence-electron chi connectivity index (χ1n) is 12.7. The second-order valence-corrected chi connectivity index (χ2v) is 12.4. The van der Waals surface area contributed by atoms with E-state index in [1.54, 1.807) is 22.9 Å². The van der Waals surface area contributed by atoms with Gasteiger partial charge in [0.1, 0.15) is 6.04 Å². The third-order valence-corrected chi connectivity index (χ3v) is 10.1. The fraction of sp³-hybridized carbons (Fsp3) is 0.370. The lowest BCUT2D eigenvalue weighted by molar-refractivity contribution is -0.145. The lowest BCUT2D eigenvalue weighted by atomic mass is 9.75. The van der Waals surface area contributed by atoms with Crippen LogP contribution in [-0.4, -0.2) is 40.0 Å². The molecule has 2 aliphatic carbocycles. The summed E-state index contributed by atoms with van der Waals surface area (Å²) in [7, 11) is 1.26. The average Bonchev–Trinajstić information content (AvgIpc) is 3.60. The van der Waals surface area contributed by atoms with Crippen molar-refractivity contribution in [1.29, 1.82) is 0 Å². The molecule has 0 saturated heterocycles. The van der Waals surface area contributed by atoms with Gasteiger partial charge < -0.3 is 15.2 Å². The van der Waals surface area contributed by atoms with Crippen LogP contribution in [0.5, 0.6) is 0 Å². The topological polar surface area (TPSA) is 114 Å². The molecule has 13 heteroatoms. The monoisotopic (exact) mass is 604 g/mol. The van der Waals surface area contributed by atoms with E-state index in [2.05, 4.69) is 10.3 Å². The SMILES string of the molecule is COC(=O)C1=C(C2CCc3nc([C@H]4C[C@H](C(=O)O)C4)sc3C2)NC(c2nccs2)=NC1c1ccc(F)c(F)c1Cl. The maximum absolute atomic E-state index is 14.6. The van der Waals surface area contributed by atoms with Crippen molar-refractivity contribution in [2.45, 2.75) is 44.1 Å². The highest BCUT2D eigenvalue weighted by molar-refractivity contribution is 7.12. The largest absolute Gasteiger partial charge is 0.481 e. The van der Waals surface area contributed by atoms with Crippen molar-refractivity contribution >= 4 is 52.0 Å². The molecule has 2 N–H and O–H groups in total. The van der Waals surface area contributed by atoms with E-state index in [9.17, 15) is 23.5 Å². The molecule has 0 bridgehead atoms. The molecule has 8 nitrogen and oxygen atoms in total. The number of aryl methyl sites for hydroxylation is 1. The third kappa shape index (κ3) is 4.71. The van der Waals surface area contributed by atoms with Gasteiger partial charge in [0, 0.05) is 39.6 Å². The van der Waals surface area contributed by atoms with Crippen LogP contribution in [0.2, 0.25) is 5.02 Å². The van der Waals surface area contributed by atoms with Crippen LogP contribution in [0.1, 0.15) is 57.4 Å². The van der Waals surface area contributed by atoms with Gasteiger partial charge in [-0.1, -0.05) is 17.7 Å². The maximum atomic E-state index is 14.6. The van der Waals surface area contributed by atoms with Crippen molar-refractivity contribution in [2.24, 2.45) is 16.8 Å². The van der Waals surface area contributed by atoms with Gasteiger partial charge in [-0.25, -0.2) is 23.5 Å². The Labute approximate surface area is 240 Å². The normalized spacial score (nSPS) is 24.1. The molecule has 1 aromatic carbocycles. The first kappa shape index (κ1) is 27.0. The molecule has 6 rings (SSSR count). The van der Waals surface area contributed by atoms with E-state index in [4.69, 9.17) is 26.3 Å². The Bertz CT molecular complexity index is 1570. The average molecular weight is 605 g/mol. The van der Waals surface area contributed by atoms with E-state index < -0.39 is 34.6 Å². The number of benzene rings is 1. The molecule has 2 atom stereocenters. The second kappa shape index (κ2) is 10.6. The number of ether oxygens (including phenoxy) is 1. The number of rotatable bonds is 6. The first-order valence-corrected chi connectivity index (χ1v) is 14.7. The number of aliphatic imine (C=N–C) groups is 1. The quantitative estimate of drug-likeness (QED) is 0.285. The van der Waals surface area contributed by atoms with Crippen LogP contribution in [0.25, 0.3) is 0 Å².